The topological polar surface area (TPSA) is 99.2 Å². The molecule has 0 aromatic heterocycles. The number of hydrogen-bond acceptors (Lipinski definition) is 5. The highest BCUT2D eigenvalue weighted by Gasteiger charge is 2.38. The molecule has 1 aliphatic carbocycles. The van der Waals surface area contributed by atoms with Crippen molar-refractivity contribution in [2.24, 2.45) is 5.92 Å². The summed E-state index contributed by atoms with van der Waals surface area (Å²) in [6, 6.07) is 4.47. The molecule has 3 atom stereocenters. The summed E-state index contributed by atoms with van der Waals surface area (Å²) in [5.41, 5.74) is 2.15. The molecular weight excluding hydrogens is 442 g/mol. The fourth-order valence-electron chi connectivity index (χ4n) is 4.29. The van der Waals surface area contributed by atoms with E-state index in [4.69, 9.17) is 4.74 Å². The van der Waals surface area contributed by atoms with Gasteiger partial charge in [0.25, 0.3) is 0 Å². The predicted molar refractivity (Wildman–Crippen MR) is 129 cm³/mol. The Hall–Kier alpha value is -2.10. The summed E-state index contributed by atoms with van der Waals surface area (Å²) < 4.78 is 34.8. The minimum Gasteiger partial charge on any atom is -0.487 e. The second-order valence-corrected chi connectivity index (χ2v) is 11.4. The van der Waals surface area contributed by atoms with Crippen LogP contribution in [0.2, 0.25) is 0 Å². The number of carbonyl (C=O) groups is 1. The molecule has 2 N–H and O–H groups in total. The zero-order valence-electron chi connectivity index (χ0n) is 20.2. The average molecular weight is 480 g/mol. The van der Waals surface area contributed by atoms with E-state index in [0.717, 1.165) is 24.8 Å². The number of nitrogens with zero attached hydrogens (tertiary/aromatic N) is 2. The molecule has 3 rings (SSSR count). The fourth-order valence-corrected chi connectivity index (χ4v) is 6.11. The number of allylic oxidation sites excluding steroid dienone is 2. The lowest BCUT2D eigenvalue weighted by atomic mass is 10.0. The van der Waals surface area contributed by atoms with E-state index in [-0.39, 0.29) is 36.0 Å². The zero-order valence-corrected chi connectivity index (χ0v) is 21.1. The Kier molecular flexibility index (Phi) is 8.08. The van der Waals surface area contributed by atoms with Gasteiger partial charge in [0, 0.05) is 31.6 Å². The van der Waals surface area contributed by atoms with E-state index in [9.17, 15) is 18.3 Å². The van der Waals surface area contributed by atoms with Gasteiger partial charge in [0.1, 0.15) is 16.7 Å². The van der Waals surface area contributed by atoms with Crippen LogP contribution in [-0.4, -0.2) is 73.7 Å². The van der Waals surface area contributed by atoms with Crippen LogP contribution in [0.3, 0.4) is 0 Å². The third-order valence-corrected chi connectivity index (χ3v) is 8.31. The highest BCUT2D eigenvalue weighted by atomic mass is 32.2. The molecule has 1 aliphatic heterocycles. The number of hydrogen-bond donors (Lipinski definition) is 2. The largest absolute Gasteiger partial charge is 0.487 e. The molecule has 2 amide bonds. The van der Waals surface area contributed by atoms with Gasteiger partial charge >= 0.3 is 6.03 Å². The Morgan fingerprint density at radius 3 is 2.67 bits per heavy atom. The predicted octanol–water partition coefficient (Wildman–Crippen LogP) is 3.07. The van der Waals surface area contributed by atoms with E-state index in [1.165, 1.54) is 9.88 Å². The lowest BCUT2D eigenvalue weighted by molar-refractivity contribution is 0.0809. The van der Waals surface area contributed by atoms with Gasteiger partial charge in [-0.05, 0) is 63.3 Å². The zero-order chi connectivity index (χ0) is 24.3. The number of urea groups is 1. The van der Waals surface area contributed by atoms with Gasteiger partial charge in [-0.3, -0.25) is 0 Å². The van der Waals surface area contributed by atoms with Crippen molar-refractivity contribution < 1.29 is 23.1 Å². The Morgan fingerprint density at radius 1 is 1.33 bits per heavy atom. The van der Waals surface area contributed by atoms with Crippen molar-refractivity contribution in [1.29, 1.82) is 0 Å². The normalized spacial score (nSPS) is 23.7. The van der Waals surface area contributed by atoms with Crippen molar-refractivity contribution in [2.75, 3.05) is 26.7 Å². The van der Waals surface area contributed by atoms with Crippen molar-refractivity contribution in [3.05, 3.63) is 29.8 Å². The molecule has 0 radical (unpaired) electrons. The summed E-state index contributed by atoms with van der Waals surface area (Å²) in [6.07, 6.45) is 4.81. The molecule has 0 spiro atoms. The summed E-state index contributed by atoms with van der Waals surface area (Å²) in [5.74, 6) is 0.0789. The molecule has 2 aliphatic rings. The Morgan fingerprint density at radius 2 is 2.06 bits per heavy atom. The van der Waals surface area contributed by atoms with E-state index in [1.54, 1.807) is 24.9 Å². The van der Waals surface area contributed by atoms with E-state index < -0.39 is 22.2 Å². The summed E-state index contributed by atoms with van der Waals surface area (Å²) in [6.45, 7) is 7.61. The standard InChI is InChI=1S/C24H37N3O5S/c1-16(2)25-24(29)26(5)14-22-17(3)13-27(18(4)15-28)33(30,31)23-11-10-20(12-21(23)32-22)19-8-6-7-9-19/h8,10-12,16-18,22,28H,6-7,9,13-15H2,1-5H3,(H,25,29)/t17-,18-,22-/m0/s1. The first-order valence-corrected chi connectivity index (χ1v) is 13.1. The molecule has 0 unspecified atom stereocenters. The molecule has 0 fully saturated rings. The van der Waals surface area contributed by atoms with Crippen LogP contribution in [0.1, 0.15) is 52.5 Å². The summed E-state index contributed by atoms with van der Waals surface area (Å²) in [7, 11) is -2.17. The third-order valence-electron chi connectivity index (χ3n) is 6.29. The third kappa shape index (κ3) is 5.70. The number of fused-ring (bicyclic) bond motifs is 1. The van der Waals surface area contributed by atoms with Crippen LogP contribution in [0.25, 0.3) is 5.57 Å². The first kappa shape index (κ1) is 25.5. The Bertz CT molecular complexity index is 992. The highest BCUT2D eigenvalue weighted by molar-refractivity contribution is 7.89. The van der Waals surface area contributed by atoms with Gasteiger partial charge in [0.05, 0.1) is 13.2 Å². The molecular formula is C24H37N3O5S. The monoisotopic (exact) mass is 479 g/mol. The number of benzene rings is 1. The second kappa shape index (κ2) is 10.4. The molecule has 1 aromatic rings. The van der Waals surface area contributed by atoms with Gasteiger partial charge < -0.3 is 20.1 Å². The van der Waals surface area contributed by atoms with Gasteiger partial charge in [-0.25, -0.2) is 13.2 Å². The summed E-state index contributed by atoms with van der Waals surface area (Å²) in [4.78, 5) is 14.2. The SMILES string of the molecule is CC(C)NC(=O)N(C)C[C@@H]1Oc2cc(C3=CCCC3)ccc2S(=O)(=O)N([C@@H](C)CO)C[C@@H]1C. The van der Waals surface area contributed by atoms with Gasteiger partial charge in [0.15, 0.2) is 0 Å². The van der Waals surface area contributed by atoms with Crippen LogP contribution in [0.5, 0.6) is 5.75 Å². The first-order chi connectivity index (χ1) is 15.5. The molecule has 1 heterocycles. The number of ether oxygens (including phenoxy) is 1. The van der Waals surface area contributed by atoms with Gasteiger partial charge in [-0.2, -0.15) is 4.31 Å². The number of rotatable bonds is 6. The molecule has 33 heavy (non-hydrogen) atoms. The number of nitrogens with one attached hydrogen (secondary N) is 1. The quantitative estimate of drug-likeness (QED) is 0.653. The average Bonchev–Trinajstić information content (AvgIpc) is 3.29. The van der Waals surface area contributed by atoms with E-state index in [2.05, 4.69) is 11.4 Å². The van der Waals surface area contributed by atoms with Crippen molar-refractivity contribution in [3.63, 3.8) is 0 Å². The van der Waals surface area contributed by atoms with Gasteiger partial charge in [-0.15, -0.1) is 0 Å². The molecule has 1 aromatic carbocycles. The minimum atomic E-state index is -3.88. The number of carbonyl (C=O) groups excluding carboxylic acids is 1. The van der Waals surface area contributed by atoms with Crippen molar-refractivity contribution in [1.82, 2.24) is 14.5 Å². The van der Waals surface area contributed by atoms with Crippen LogP contribution in [0.4, 0.5) is 4.79 Å². The highest BCUT2D eigenvalue weighted by Crippen LogP contribution is 2.37. The maximum Gasteiger partial charge on any atom is 0.317 e. The molecule has 0 bridgehead atoms. The lowest BCUT2D eigenvalue weighted by Gasteiger charge is -2.37. The summed E-state index contributed by atoms with van der Waals surface area (Å²) in [5, 5.41) is 12.6. The van der Waals surface area contributed by atoms with Crippen molar-refractivity contribution in [2.45, 2.75) is 70.0 Å². The first-order valence-electron chi connectivity index (χ1n) is 11.7. The van der Waals surface area contributed by atoms with Gasteiger partial charge in [-0.1, -0.05) is 19.1 Å². The van der Waals surface area contributed by atoms with E-state index >= 15 is 0 Å². The lowest BCUT2D eigenvalue weighted by Crippen LogP contribution is -2.51. The van der Waals surface area contributed by atoms with Crippen molar-refractivity contribution >= 4 is 21.6 Å². The van der Waals surface area contributed by atoms with Gasteiger partial charge in [0.2, 0.25) is 10.0 Å². The number of likely N-dealkylation sites (N-methyl/N-ethyl adjacent to an activating group) is 1. The van der Waals surface area contributed by atoms with Crippen LogP contribution in [-0.2, 0) is 10.0 Å². The molecule has 0 saturated carbocycles. The fraction of sp³-hybridized carbons (Fsp3) is 0.625. The molecule has 184 valence electrons. The van der Waals surface area contributed by atoms with Crippen LogP contribution < -0.4 is 10.1 Å². The Labute approximate surface area is 197 Å². The molecule has 9 heteroatoms. The van der Waals surface area contributed by atoms with Crippen LogP contribution in [0.15, 0.2) is 29.2 Å². The van der Waals surface area contributed by atoms with E-state index in [0.29, 0.717) is 12.3 Å². The smallest absolute Gasteiger partial charge is 0.317 e. The molecule has 0 saturated heterocycles. The second-order valence-electron chi connectivity index (χ2n) is 9.51. The Balaban J connectivity index is 2.02. The maximum atomic E-state index is 13.6. The molecule has 8 nitrogen and oxygen atoms in total. The number of aliphatic hydroxyl groups is 1. The maximum absolute atomic E-state index is 13.6. The summed E-state index contributed by atoms with van der Waals surface area (Å²) >= 11 is 0. The van der Waals surface area contributed by atoms with Crippen molar-refractivity contribution in [3.8, 4) is 5.75 Å². The number of aliphatic hydroxyl groups excluding tert-OH is 1. The van der Waals surface area contributed by atoms with Crippen LogP contribution in [0, 0.1) is 5.92 Å². The minimum absolute atomic E-state index is 0.00429. The number of amides is 2. The van der Waals surface area contributed by atoms with E-state index in [1.807, 2.05) is 32.9 Å². The van der Waals surface area contributed by atoms with Crippen LogP contribution >= 0.6 is 0 Å². The number of sulfonamides is 1.